The zero-order chi connectivity index (χ0) is 23.5. The van der Waals surface area contributed by atoms with Crippen LogP contribution in [0.1, 0.15) is 16.1 Å². The van der Waals surface area contributed by atoms with Gasteiger partial charge < -0.3 is 31.0 Å². The number of benzene rings is 1. The minimum atomic E-state index is -0.678. The van der Waals surface area contributed by atoms with Crippen LogP contribution in [0.5, 0.6) is 5.75 Å². The average molecular weight is 445 g/mol. The van der Waals surface area contributed by atoms with Gasteiger partial charge in [-0.05, 0) is 0 Å². The lowest BCUT2D eigenvalue weighted by Crippen LogP contribution is -2.52. The normalized spacial score (nSPS) is 15.3. The maximum Gasteiger partial charge on any atom is 0.295 e. The number of pyridine rings is 1. The fraction of sp³-hybridized carbons (Fsp3) is 0.217. The Balaban J connectivity index is 1.56. The number of hydrogen-bond donors (Lipinski definition) is 3. The van der Waals surface area contributed by atoms with E-state index in [1.807, 2.05) is 35.2 Å². The predicted octanol–water partition coefficient (Wildman–Crippen LogP) is -0.809. The van der Waals surface area contributed by atoms with Crippen molar-refractivity contribution >= 4 is 34.6 Å². The Kier molecular flexibility index (Phi) is 5.87. The Bertz CT molecular complexity index is 1400. The first kappa shape index (κ1) is 21.7. The molecule has 0 spiro atoms. The molecule has 1 amide bonds. The van der Waals surface area contributed by atoms with Crippen LogP contribution in [0.25, 0.3) is 22.9 Å². The van der Waals surface area contributed by atoms with Crippen molar-refractivity contribution in [3.8, 4) is 11.8 Å². The molecule has 5 N–H and O–H groups in total. The van der Waals surface area contributed by atoms with Crippen LogP contribution in [0, 0.1) is 11.3 Å². The molecule has 0 unspecified atom stereocenters. The molecule has 1 aliphatic rings. The molecule has 1 fully saturated rings. The average Bonchev–Trinajstić information content (AvgIpc) is 3.32. The van der Waals surface area contributed by atoms with Gasteiger partial charge in [-0.25, -0.2) is 4.98 Å². The van der Waals surface area contributed by atoms with Gasteiger partial charge in [0.15, 0.2) is 5.69 Å². The lowest BCUT2D eigenvalue weighted by Gasteiger charge is -2.35. The number of ether oxygens (including phenoxy) is 1. The summed E-state index contributed by atoms with van der Waals surface area (Å²) in [6, 6.07) is 9.51. The van der Waals surface area contributed by atoms with E-state index >= 15 is 0 Å². The van der Waals surface area contributed by atoms with Gasteiger partial charge in [-0.1, -0.05) is 24.3 Å². The largest absolute Gasteiger partial charge is 0.494 e. The molecule has 0 atom stereocenters. The topological polar surface area (TPSA) is 154 Å². The number of H-pyrrole nitrogens is 1. The van der Waals surface area contributed by atoms with Crippen LogP contribution in [-0.4, -0.2) is 64.7 Å². The molecule has 1 aromatic carbocycles. The molecule has 10 nitrogen and oxygen atoms in total. The number of nitriles is 1. The first-order valence-electron chi connectivity index (χ1n) is 10.3. The van der Waals surface area contributed by atoms with Crippen LogP contribution in [0.3, 0.4) is 0 Å². The van der Waals surface area contributed by atoms with Crippen molar-refractivity contribution in [2.45, 2.75) is 0 Å². The van der Waals surface area contributed by atoms with Crippen molar-refractivity contribution < 1.29 is 14.3 Å². The minimum Gasteiger partial charge on any atom is -0.494 e. The standard InChI is InChI=1S/C23H23N7O3/c1-33-18-13-27-17(11-25)20-19(18)16(12-28-20)21(31)23(32)30-8-6-29(7-9-30)22(26)15-5-3-2-4-14(15)10-24/h2-5,10,12-13,28H,6-9,24,26H2,1H3/b14-10-,22-15+. The highest BCUT2D eigenvalue weighted by Gasteiger charge is 2.30. The number of carbonyl (C=O) groups excluding carboxylic acids is 2. The van der Waals surface area contributed by atoms with Gasteiger partial charge in [0.2, 0.25) is 0 Å². The van der Waals surface area contributed by atoms with E-state index < -0.39 is 11.7 Å². The second-order valence-electron chi connectivity index (χ2n) is 7.49. The second kappa shape index (κ2) is 8.92. The Morgan fingerprint density at radius 2 is 1.91 bits per heavy atom. The van der Waals surface area contributed by atoms with Crippen molar-refractivity contribution in [3.63, 3.8) is 0 Å². The van der Waals surface area contributed by atoms with E-state index in [2.05, 4.69) is 9.97 Å². The van der Waals surface area contributed by atoms with Crippen molar-refractivity contribution in [2.75, 3.05) is 33.3 Å². The summed E-state index contributed by atoms with van der Waals surface area (Å²) >= 11 is 0. The highest BCUT2D eigenvalue weighted by atomic mass is 16.5. The molecule has 2 aromatic heterocycles. The fourth-order valence-corrected chi connectivity index (χ4v) is 3.99. The number of nitrogens with two attached hydrogens (primary N) is 2. The van der Waals surface area contributed by atoms with Gasteiger partial charge in [0.1, 0.15) is 17.6 Å². The first-order valence-corrected chi connectivity index (χ1v) is 10.3. The molecule has 0 saturated carbocycles. The lowest BCUT2D eigenvalue weighted by molar-refractivity contribution is -0.127. The van der Waals surface area contributed by atoms with Gasteiger partial charge in [-0.2, -0.15) is 5.26 Å². The Morgan fingerprint density at radius 3 is 2.58 bits per heavy atom. The Labute approximate surface area is 189 Å². The number of aromatic amines is 1. The predicted molar refractivity (Wildman–Crippen MR) is 122 cm³/mol. The summed E-state index contributed by atoms with van der Waals surface area (Å²) in [5.74, 6) is -0.419. The number of aromatic nitrogens is 2. The fourth-order valence-electron chi connectivity index (χ4n) is 3.99. The molecule has 0 bridgehead atoms. The maximum atomic E-state index is 13.1. The minimum absolute atomic E-state index is 0.118. The number of fused-ring (bicyclic) bond motifs is 1. The van der Waals surface area contributed by atoms with E-state index in [4.69, 9.17) is 16.2 Å². The van der Waals surface area contributed by atoms with Gasteiger partial charge >= 0.3 is 0 Å². The van der Waals surface area contributed by atoms with Gasteiger partial charge in [0, 0.05) is 49.0 Å². The highest BCUT2D eigenvalue weighted by molar-refractivity contribution is 6.45. The zero-order valence-electron chi connectivity index (χ0n) is 18.0. The molecule has 0 radical (unpaired) electrons. The third-order valence-corrected chi connectivity index (χ3v) is 5.76. The van der Waals surface area contributed by atoms with E-state index in [9.17, 15) is 14.9 Å². The molecule has 33 heavy (non-hydrogen) atoms. The molecule has 168 valence electrons. The van der Waals surface area contributed by atoms with E-state index in [0.717, 1.165) is 10.4 Å². The number of methoxy groups -OCH3 is 1. The SMILES string of the molecule is COc1cnc(C#N)c2[nH]cc(C(=O)C(=O)N3CCN(/C(N)=c4\cccc\c4=C\N)CC3)c12. The number of rotatable bonds is 4. The Morgan fingerprint density at radius 1 is 1.21 bits per heavy atom. The molecular formula is C23H23N7O3. The molecule has 4 rings (SSSR count). The van der Waals surface area contributed by atoms with Crippen LogP contribution >= 0.6 is 0 Å². The number of carbonyl (C=O) groups is 2. The van der Waals surface area contributed by atoms with E-state index in [1.165, 1.54) is 30.6 Å². The highest BCUT2D eigenvalue weighted by Crippen LogP contribution is 2.30. The van der Waals surface area contributed by atoms with Crippen molar-refractivity contribution in [1.82, 2.24) is 19.8 Å². The Hall–Kier alpha value is -4.52. The monoisotopic (exact) mass is 445 g/mol. The van der Waals surface area contributed by atoms with Crippen molar-refractivity contribution in [1.29, 1.82) is 5.26 Å². The molecule has 3 heterocycles. The quantitative estimate of drug-likeness (QED) is 0.348. The number of amides is 1. The lowest BCUT2D eigenvalue weighted by atomic mass is 10.1. The van der Waals surface area contributed by atoms with E-state index in [1.54, 1.807) is 0 Å². The summed E-state index contributed by atoms with van der Waals surface area (Å²) in [6.45, 7) is 1.63. The first-order chi connectivity index (χ1) is 16.0. The van der Waals surface area contributed by atoms with Crippen LogP contribution in [-0.2, 0) is 4.79 Å². The third kappa shape index (κ3) is 3.80. The van der Waals surface area contributed by atoms with Crippen LogP contribution in [0.4, 0.5) is 0 Å². The van der Waals surface area contributed by atoms with Gasteiger partial charge in [0.05, 0.1) is 29.8 Å². The van der Waals surface area contributed by atoms with Crippen LogP contribution < -0.4 is 26.6 Å². The summed E-state index contributed by atoms with van der Waals surface area (Å²) in [5.41, 5.74) is 12.7. The van der Waals surface area contributed by atoms with Crippen molar-refractivity contribution in [3.05, 3.63) is 58.4 Å². The van der Waals surface area contributed by atoms with Gasteiger partial charge in [0.25, 0.3) is 11.7 Å². The summed E-state index contributed by atoms with van der Waals surface area (Å²) in [7, 11) is 1.44. The molecule has 3 aromatic rings. The number of piperazine rings is 1. The molecule has 0 aliphatic carbocycles. The number of nitrogens with one attached hydrogen (secondary N) is 1. The zero-order valence-corrected chi connectivity index (χ0v) is 18.0. The summed E-state index contributed by atoms with van der Waals surface area (Å²) < 4.78 is 5.30. The van der Waals surface area contributed by atoms with E-state index in [-0.39, 0.29) is 11.3 Å². The number of hydrogen-bond acceptors (Lipinski definition) is 8. The van der Waals surface area contributed by atoms with Gasteiger partial charge in [-0.3, -0.25) is 9.59 Å². The number of Topliss-reactive ketones (excluding diaryl/α,β-unsaturated/α-hetero) is 1. The maximum absolute atomic E-state index is 13.1. The smallest absolute Gasteiger partial charge is 0.295 e. The molecular weight excluding hydrogens is 422 g/mol. The van der Waals surface area contributed by atoms with Gasteiger partial charge in [-0.15, -0.1) is 0 Å². The van der Waals surface area contributed by atoms with Crippen LogP contribution in [0.2, 0.25) is 0 Å². The van der Waals surface area contributed by atoms with Crippen LogP contribution in [0.15, 0.2) is 36.7 Å². The third-order valence-electron chi connectivity index (χ3n) is 5.76. The summed E-state index contributed by atoms with van der Waals surface area (Å²) in [5, 5.41) is 11.3. The summed E-state index contributed by atoms with van der Waals surface area (Å²) in [6.07, 6.45) is 4.28. The molecule has 1 saturated heterocycles. The van der Waals surface area contributed by atoms with E-state index in [0.29, 0.717) is 48.7 Å². The molecule has 10 heteroatoms. The summed E-state index contributed by atoms with van der Waals surface area (Å²) in [4.78, 5) is 36.4. The number of nitrogens with zero attached hydrogens (tertiary/aromatic N) is 4. The van der Waals surface area contributed by atoms with Crippen molar-refractivity contribution in [2.24, 2.45) is 11.5 Å². The number of ketones is 1. The molecule has 1 aliphatic heterocycles. The second-order valence-corrected chi connectivity index (χ2v) is 7.49.